The molecule has 0 aromatic carbocycles. The van der Waals surface area contributed by atoms with Crippen LogP contribution in [-0.2, 0) is 9.59 Å². The number of amides is 2. The van der Waals surface area contributed by atoms with Crippen LogP contribution in [0.4, 0.5) is 0 Å². The van der Waals surface area contributed by atoms with Crippen LogP contribution in [0.25, 0.3) is 0 Å². The molecule has 2 fully saturated rings. The SMILES string of the molecule is CCN[C@@H]1CCC[C@@H]2SC(C)(C)[C@@H](C(=O)NC(C)C)N2C1=O. The highest BCUT2D eigenvalue weighted by molar-refractivity contribution is 8.01. The Balaban J connectivity index is 2.29. The molecule has 6 heteroatoms. The van der Waals surface area contributed by atoms with Gasteiger partial charge in [0.25, 0.3) is 0 Å². The molecule has 0 aromatic rings. The molecular formula is C16H29N3O2S. The van der Waals surface area contributed by atoms with Crippen LogP contribution in [0.2, 0.25) is 0 Å². The monoisotopic (exact) mass is 327 g/mol. The van der Waals surface area contributed by atoms with Gasteiger partial charge in [0.1, 0.15) is 6.04 Å². The van der Waals surface area contributed by atoms with Crippen molar-refractivity contribution in [1.29, 1.82) is 0 Å². The summed E-state index contributed by atoms with van der Waals surface area (Å²) in [5.74, 6) is 0.0619. The van der Waals surface area contributed by atoms with E-state index in [0.29, 0.717) is 0 Å². The quantitative estimate of drug-likeness (QED) is 0.825. The van der Waals surface area contributed by atoms with Gasteiger partial charge in [0, 0.05) is 10.8 Å². The number of carbonyl (C=O) groups is 2. The molecule has 0 radical (unpaired) electrons. The average Bonchev–Trinajstić information content (AvgIpc) is 2.58. The second-order valence-electron chi connectivity index (χ2n) is 7.03. The zero-order chi connectivity index (χ0) is 16.5. The van der Waals surface area contributed by atoms with E-state index < -0.39 is 6.04 Å². The topological polar surface area (TPSA) is 61.4 Å². The molecule has 2 aliphatic rings. The minimum absolute atomic E-state index is 0.0273. The highest BCUT2D eigenvalue weighted by Crippen LogP contribution is 2.47. The number of fused-ring (bicyclic) bond motifs is 1. The molecule has 0 saturated carbocycles. The number of likely N-dealkylation sites (N-methyl/N-ethyl adjacent to an activating group) is 1. The summed E-state index contributed by atoms with van der Waals surface area (Å²) in [6.07, 6.45) is 2.85. The molecule has 2 saturated heterocycles. The number of hydrogen-bond acceptors (Lipinski definition) is 4. The van der Waals surface area contributed by atoms with E-state index in [0.717, 1.165) is 25.8 Å². The van der Waals surface area contributed by atoms with Crippen molar-refractivity contribution in [2.24, 2.45) is 0 Å². The zero-order valence-electron chi connectivity index (χ0n) is 14.3. The second-order valence-corrected chi connectivity index (χ2v) is 8.86. The minimum Gasteiger partial charge on any atom is -0.352 e. The van der Waals surface area contributed by atoms with Gasteiger partial charge in [-0.1, -0.05) is 6.92 Å². The fourth-order valence-corrected chi connectivity index (χ4v) is 5.16. The lowest BCUT2D eigenvalue weighted by atomic mass is 9.99. The van der Waals surface area contributed by atoms with Crippen molar-refractivity contribution in [1.82, 2.24) is 15.5 Å². The maximum absolute atomic E-state index is 13.0. The van der Waals surface area contributed by atoms with Crippen LogP contribution >= 0.6 is 11.8 Å². The van der Waals surface area contributed by atoms with Crippen LogP contribution in [0.1, 0.15) is 53.9 Å². The van der Waals surface area contributed by atoms with Gasteiger partial charge in [0.2, 0.25) is 11.8 Å². The smallest absolute Gasteiger partial charge is 0.244 e. The van der Waals surface area contributed by atoms with E-state index in [9.17, 15) is 9.59 Å². The Morgan fingerprint density at radius 2 is 2.09 bits per heavy atom. The number of carbonyl (C=O) groups excluding carboxylic acids is 2. The maximum atomic E-state index is 13.0. The van der Waals surface area contributed by atoms with Gasteiger partial charge in [-0.2, -0.15) is 0 Å². The molecule has 2 heterocycles. The second kappa shape index (κ2) is 6.79. The third-order valence-electron chi connectivity index (χ3n) is 4.31. The Morgan fingerprint density at radius 1 is 1.41 bits per heavy atom. The number of nitrogens with one attached hydrogen (secondary N) is 2. The predicted octanol–water partition coefficient (Wildman–Crippen LogP) is 1.72. The fraction of sp³-hybridized carbons (Fsp3) is 0.875. The molecule has 2 N–H and O–H groups in total. The maximum Gasteiger partial charge on any atom is 0.244 e. The van der Waals surface area contributed by atoms with Gasteiger partial charge in [-0.25, -0.2) is 0 Å². The first kappa shape index (κ1) is 17.6. The summed E-state index contributed by atoms with van der Waals surface area (Å²) in [7, 11) is 0. The van der Waals surface area contributed by atoms with Crippen molar-refractivity contribution >= 4 is 23.6 Å². The van der Waals surface area contributed by atoms with Crippen LogP contribution in [0.15, 0.2) is 0 Å². The Bertz CT molecular complexity index is 439. The van der Waals surface area contributed by atoms with E-state index in [2.05, 4.69) is 24.5 Å². The van der Waals surface area contributed by atoms with Crippen LogP contribution < -0.4 is 10.6 Å². The highest BCUT2D eigenvalue weighted by Gasteiger charge is 2.54. The van der Waals surface area contributed by atoms with Gasteiger partial charge < -0.3 is 15.5 Å². The summed E-state index contributed by atoms with van der Waals surface area (Å²) in [5, 5.41) is 6.40. The molecule has 3 atom stereocenters. The van der Waals surface area contributed by atoms with Crippen molar-refractivity contribution in [3.05, 3.63) is 0 Å². The Labute approximate surface area is 138 Å². The summed E-state index contributed by atoms with van der Waals surface area (Å²) in [4.78, 5) is 27.5. The first-order valence-electron chi connectivity index (χ1n) is 8.31. The largest absolute Gasteiger partial charge is 0.352 e. The molecule has 0 aromatic heterocycles. The zero-order valence-corrected chi connectivity index (χ0v) is 15.1. The fourth-order valence-electron chi connectivity index (χ4n) is 3.48. The molecule has 0 bridgehead atoms. The predicted molar refractivity (Wildman–Crippen MR) is 90.7 cm³/mol. The van der Waals surface area contributed by atoms with Gasteiger partial charge in [0.05, 0.1) is 11.4 Å². The summed E-state index contributed by atoms with van der Waals surface area (Å²) in [6, 6.07) is -0.463. The average molecular weight is 327 g/mol. The van der Waals surface area contributed by atoms with Gasteiger partial charge in [0.15, 0.2) is 0 Å². The lowest BCUT2D eigenvalue weighted by Gasteiger charge is -2.33. The standard InChI is InChI=1S/C16H29N3O2S/c1-6-17-11-8-7-9-12-19(15(11)21)13(16(4,5)22-12)14(20)18-10(2)3/h10-13,17H,6-9H2,1-5H3,(H,18,20)/t11-,12+,13-/m1/s1. The van der Waals surface area contributed by atoms with Crippen molar-refractivity contribution in [2.45, 2.75) is 82.1 Å². The normalized spacial score (nSPS) is 31.1. The van der Waals surface area contributed by atoms with Crippen molar-refractivity contribution in [3.63, 3.8) is 0 Å². The highest BCUT2D eigenvalue weighted by atomic mass is 32.2. The molecule has 0 spiro atoms. The van der Waals surface area contributed by atoms with Crippen LogP contribution in [-0.4, -0.2) is 51.5 Å². The Kier molecular flexibility index (Phi) is 5.43. The van der Waals surface area contributed by atoms with Gasteiger partial charge in [-0.3, -0.25) is 9.59 Å². The van der Waals surface area contributed by atoms with Gasteiger partial charge in [-0.05, 0) is 53.5 Å². The van der Waals surface area contributed by atoms with Crippen molar-refractivity contribution in [2.75, 3.05) is 6.54 Å². The Morgan fingerprint density at radius 3 is 2.68 bits per heavy atom. The number of nitrogens with zero attached hydrogens (tertiary/aromatic N) is 1. The van der Waals surface area contributed by atoms with E-state index in [-0.39, 0.29) is 34.0 Å². The molecule has 2 rings (SSSR count). The molecule has 5 nitrogen and oxygen atoms in total. The number of thioether (sulfide) groups is 1. The Hall–Kier alpha value is -0.750. The molecule has 0 aliphatic carbocycles. The summed E-state index contributed by atoms with van der Waals surface area (Å²) in [5.41, 5.74) is 0. The summed E-state index contributed by atoms with van der Waals surface area (Å²) >= 11 is 1.77. The van der Waals surface area contributed by atoms with E-state index in [1.54, 1.807) is 11.8 Å². The van der Waals surface area contributed by atoms with Crippen LogP contribution in [0.5, 0.6) is 0 Å². The molecule has 22 heavy (non-hydrogen) atoms. The molecule has 126 valence electrons. The molecular weight excluding hydrogens is 298 g/mol. The number of rotatable bonds is 4. The minimum atomic E-state index is -0.392. The lowest BCUT2D eigenvalue weighted by Crippen LogP contribution is -2.58. The summed E-state index contributed by atoms with van der Waals surface area (Å²) in [6.45, 7) is 10.8. The van der Waals surface area contributed by atoms with Crippen molar-refractivity contribution < 1.29 is 9.59 Å². The van der Waals surface area contributed by atoms with Gasteiger partial charge >= 0.3 is 0 Å². The third kappa shape index (κ3) is 3.43. The van der Waals surface area contributed by atoms with Crippen LogP contribution in [0, 0.1) is 0 Å². The molecule has 2 aliphatic heterocycles. The third-order valence-corrected chi connectivity index (χ3v) is 5.88. The lowest BCUT2D eigenvalue weighted by molar-refractivity contribution is -0.142. The molecule has 2 amide bonds. The van der Waals surface area contributed by atoms with Gasteiger partial charge in [-0.15, -0.1) is 11.8 Å². The first-order valence-corrected chi connectivity index (χ1v) is 9.19. The molecule has 0 unspecified atom stereocenters. The summed E-state index contributed by atoms with van der Waals surface area (Å²) < 4.78 is -0.257. The van der Waals surface area contributed by atoms with E-state index >= 15 is 0 Å². The number of hydrogen-bond donors (Lipinski definition) is 2. The van der Waals surface area contributed by atoms with E-state index in [1.807, 2.05) is 25.7 Å². The first-order chi connectivity index (χ1) is 10.3. The van der Waals surface area contributed by atoms with E-state index in [1.165, 1.54) is 0 Å². The van der Waals surface area contributed by atoms with E-state index in [4.69, 9.17) is 0 Å². The van der Waals surface area contributed by atoms with Crippen molar-refractivity contribution in [3.8, 4) is 0 Å². The van der Waals surface area contributed by atoms with Crippen LogP contribution in [0.3, 0.4) is 0 Å².